The van der Waals surface area contributed by atoms with E-state index in [2.05, 4.69) is 9.47 Å². The van der Waals surface area contributed by atoms with Crippen molar-refractivity contribution >= 4 is 11.6 Å². The van der Waals surface area contributed by atoms with Gasteiger partial charge in [0.15, 0.2) is 0 Å². The van der Waals surface area contributed by atoms with Crippen LogP contribution in [0.25, 0.3) is 0 Å². The molecule has 0 aliphatic rings. The molecule has 1 aromatic carbocycles. The maximum atomic E-state index is 13.2. The zero-order chi connectivity index (χ0) is 21.3. The average Bonchev–Trinajstić information content (AvgIpc) is 2.43. The van der Waals surface area contributed by atoms with E-state index in [0.717, 1.165) is 18.2 Å². The highest BCUT2D eigenvalue weighted by atomic mass is 35.5. The van der Waals surface area contributed by atoms with Crippen molar-refractivity contribution in [3.05, 3.63) is 41.3 Å². The van der Waals surface area contributed by atoms with Gasteiger partial charge in [0, 0.05) is 5.02 Å². The molecule has 0 unspecified atom stereocenters. The largest absolute Gasteiger partial charge is 0.527 e. The van der Waals surface area contributed by atoms with E-state index in [1.54, 1.807) is 4.74 Å². The summed E-state index contributed by atoms with van der Waals surface area (Å²) in [7, 11) is 0. The second-order valence-corrected chi connectivity index (χ2v) is 4.80. The summed E-state index contributed by atoms with van der Waals surface area (Å²) in [4.78, 5) is 0. The molecule has 3 nitrogen and oxygen atoms in total. The Balaban J connectivity index is 3.05. The Bertz CT molecular complexity index is 702. The summed E-state index contributed by atoms with van der Waals surface area (Å²) in [6.45, 7) is 0. The molecule has 0 saturated heterocycles. The molecule has 0 aliphatic carbocycles. The Morgan fingerprint density at radius 2 is 1.37 bits per heavy atom. The van der Waals surface area contributed by atoms with Crippen molar-refractivity contribution in [3.63, 3.8) is 0 Å². The highest BCUT2D eigenvalue weighted by Crippen LogP contribution is 2.49. The van der Waals surface area contributed by atoms with E-state index in [-0.39, 0.29) is 5.02 Å². The Morgan fingerprint density at radius 3 is 1.85 bits per heavy atom. The standard InChI is InChI=1S/C12H4ClF11O3/c13-5-2-1-3-6(4-5)25-7(14)8(15)26-10(18,19)9(16,17)11(20,21)27-12(22,23)24/h1-4H/b8-7+. The van der Waals surface area contributed by atoms with Crippen molar-refractivity contribution < 1.29 is 62.5 Å². The molecule has 1 rings (SSSR count). The third-order valence-corrected chi connectivity index (χ3v) is 2.59. The van der Waals surface area contributed by atoms with Gasteiger partial charge in [-0.3, -0.25) is 0 Å². The molecule has 154 valence electrons. The van der Waals surface area contributed by atoms with Crippen molar-refractivity contribution in [1.82, 2.24) is 0 Å². The number of halogens is 12. The number of ether oxygens (including phenoxy) is 3. The van der Waals surface area contributed by atoms with E-state index in [9.17, 15) is 48.3 Å². The Labute approximate surface area is 146 Å². The van der Waals surface area contributed by atoms with Crippen molar-refractivity contribution in [3.8, 4) is 5.75 Å². The molecule has 0 aliphatic heterocycles. The summed E-state index contributed by atoms with van der Waals surface area (Å²) < 4.78 is 147. The molecule has 0 saturated carbocycles. The van der Waals surface area contributed by atoms with Crippen LogP contribution in [0, 0.1) is 0 Å². The van der Waals surface area contributed by atoms with Gasteiger partial charge in [-0.15, -0.1) is 13.2 Å². The normalized spacial score (nSPS) is 14.7. The van der Waals surface area contributed by atoms with E-state index in [0.29, 0.717) is 0 Å². The van der Waals surface area contributed by atoms with Crippen LogP contribution in [0.1, 0.15) is 0 Å². The molecule has 0 amide bonds. The second kappa shape index (κ2) is 7.58. The van der Waals surface area contributed by atoms with Crippen LogP contribution in [-0.2, 0) is 9.47 Å². The van der Waals surface area contributed by atoms with Crippen LogP contribution in [0.15, 0.2) is 36.3 Å². The lowest BCUT2D eigenvalue weighted by Crippen LogP contribution is -2.57. The van der Waals surface area contributed by atoms with Crippen LogP contribution >= 0.6 is 11.6 Å². The van der Waals surface area contributed by atoms with Gasteiger partial charge >= 0.3 is 36.5 Å². The van der Waals surface area contributed by atoms with Crippen molar-refractivity contribution in [2.45, 2.75) is 24.5 Å². The summed E-state index contributed by atoms with van der Waals surface area (Å²) in [5, 5.41) is -0.123. The fourth-order valence-electron chi connectivity index (χ4n) is 1.27. The van der Waals surface area contributed by atoms with Crippen molar-refractivity contribution in [2.24, 2.45) is 0 Å². The maximum absolute atomic E-state index is 13.2. The molecule has 0 aromatic heterocycles. The third kappa shape index (κ3) is 5.76. The monoisotopic (exact) mass is 440 g/mol. The molecule has 0 spiro atoms. The molecule has 1 aromatic rings. The van der Waals surface area contributed by atoms with Crippen LogP contribution in [0.5, 0.6) is 5.75 Å². The third-order valence-electron chi connectivity index (χ3n) is 2.35. The second-order valence-electron chi connectivity index (χ2n) is 4.36. The van der Waals surface area contributed by atoms with Crippen LogP contribution in [0.4, 0.5) is 48.3 Å². The zero-order valence-corrected chi connectivity index (χ0v) is 12.8. The number of benzene rings is 1. The molecule has 0 radical (unpaired) electrons. The van der Waals surface area contributed by atoms with Gasteiger partial charge in [0.25, 0.3) is 0 Å². The molecule has 0 N–H and O–H groups in total. The SMILES string of the molecule is F/C(Oc1cccc(Cl)c1)=C(/F)OC(F)(F)C(F)(F)C(F)(F)OC(F)(F)F. The van der Waals surface area contributed by atoms with E-state index >= 15 is 0 Å². The molecule has 0 bridgehead atoms. The van der Waals surface area contributed by atoms with E-state index in [1.165, 1.54) is 6.07 Å². The number of hydrogen-bond donors (Lipinski definition) is 0. The lowest BCUT2D eigenvalue weighted by molar-refractivity contribution is -0.505. The predicted molar refractivity (Wildman–Crippen MR) is 64.4 cm³/mol. The number of rotatable bonds is 7. The Hall–Kier alpha value is -1.96. The lowest BCUT2D eigenvalue weighted by Gasteiger charge is -2.31. The van der Waals surface area contributed by atoms with Gasteiger partial charge in [-0.1, -0.05) is 17.7 Å². The van der Waals surface area contributed by atoms with Crippen LogP contribution in [0.3, 0.4) is 0 Å². The molecule has 15 heteroatoms. The molecular formula is C12H4ClF11O3. The minimum Gasteiger partial charge on any atom is -0.427 e. The predicted octanol–water partition coefficient (Wildman–Crippen LogP) is 6.16. The van der Waals surface area contributed by atoms with Gasteiger partial charge in [-0.05, 0) is 18.2 Å². The maximum Gasteiger partial charge on any atom is 0.527 e. The quantitative estimate of drug-likeness (QED) is 0.375. The fourth-order valence-corrected chi connectivity index (χ4v) is 1.45. The molecule has 0 atom stereocenters. The Kier molecular flexibility index (Phi) is 6.48. The van der Waals surface area contributed by atoms with Crippen molar-refractivity contribution in [1.29, 1.82) is 0 Å². The Morgan fingerprint density at radius 1 is 0.815 bits per heavy atom. The van der Waals surface area contributed by atoms with Gasteiger partial charge in [-0.25, -0.2) is 4.74 Å². The number of alkyl halides is 9. The van der Waals surface area contributed by atoms with Crippen LogP contribution in [-0.4, -0.2) is 24.5 Å². The smallest absolute Gasteiger partial charge is 0.427 e. The minimum atomic E-state index is -7.08. The first-order valence-corrected chi connectivity index (χ1v) is 6.44. The van der Waals surface area contributed by atoms with Gasteiger partial charge < -0.3 is 9.47 Å². The van der Waals surface area contributed by atoms with Gasteiger partial charge in [0.1, 0.15) is 5.75 Å². The molecule has 0 fully saturated rings. The van der Waals surface area contributed by atoms with Gasteiger partial charge in [0.2, 0.25) is 0 Å². The van der Waals surface area contributed by atoms with E-state index < -0.39 is 42.3 Å². The van der Waals surface area contributed by atoms with Gasteiger partial charge in [0.05, 0.1) is 0 Å². The molecule has 0 heterocycles. The average molecular weight is 441 g/mol. The van der Waals surface area contributed by atoms with E-state index in [4.69, 9.17) is 11.6 Å². The van der Waals surface area contributed by atoms with Crippen LogP contribution in [0.2, 0.25) is 5.02 Å². The van der Waals surface area contributed by atoms with Crippen molar-refractivity contribution in [2.75, 3.05) is 0 Å². The first kappa shape index (κ1) is 23.1. The first-order chi connectivity index (χ1) is 12.0. The molecule has 27 heavy (non-hydrogen) atoms. The van der Waals surface area contributed by atoms with Gasteiger partial charge in [-0.2, -0.15) is 35.1 Å². The summed E-state index contributed by atoms with van der Waals surface area (Å²) in [5.74, 6) is -7.73. The topological polar surface area (TPSA) is 27.7 Å². The summed E-state index contributed by atoms with van der Waals surface area (Å²) in [6.07, 6.45) is -20.1. The minimum absolute atomic E-state index is 0.123. The summed E-state index contributed by atoms with van der Waals surface area (Å²) >= 11 is 5.43. The highest BCUT2D eigenvalue weighted by molar-refractivity contribution is 6.30. The first-order valence-electron chi connectivity index (χ1n) is 6.06. The summed E-state index contributed by atoms with van der Waals surface area (Å²) in [6, 6.07) is -2.03. The van der Waals surface area contributed by atoms with Crippen LogP contribution < -0.4 is 4.74 Å². The fraction of sp³-hybridized carbons (Fsp3) is 0.333. The highest BCUT2D eigenvalue weighted by Gasteiger charge is 2.78. The number of hydrogen-bond acceptors (Lipinski definition) is 3. The summed E-state index contributed by atoms with van der Waals surface area (Å²) in [5.41, 5.74) is 0. The molecular weight excluding hydrogens is 437 g/mol. The lowest BCUT2D eigenvalue weighted by atomic mass is 10.3. The van der Waals surface area contributed by atoms with E-state index in [1.807, 2.05) is 0 Å². The zero-order valence-electron chi connectivity index (χ0n) is 12.1.